The van der Waals surface area contributed by atoms with E-state index >= 15 is 0 Å². The third kappa shape index (κ3) is 6.09. The van der Waals surface area contributed by atoms with Crippen LogP contribution >= 0.6 is 0 Å². The zero-order valence-electron chi connectivity index (χ0n) is 40.2. The molecule has 344 valence electrons. The maximum absolute atomic E-state index is 2.46. The largest absolute Gasteiger partial charge is 0.310 e. The van der Waals surface area contributed by atoms with E-state index in [2.05, 4.69) is 285 Å². The summed E-state index contributed by atoms with van der Waals surface area (Å²) < 4.78 is 9.80. The van der Waals surface area contributed by atoms with Gasteiger partial charge in [0.15, 0.2) is 0 Å². The summed E-state index contributed by atoms with van der Waals surface area (Å²) in [5.41, 5.74) is 13.6. The molecule has 4 heteroatoms. The van der Waals surface area contributed by atoms with E-state index in [1.54, 1.807) is 0 Å². The lowest BCUT2D eigenvalue weighted by molar-refractivity contribution is 1.15. The van der Waals surface area contributed by atoms with Gasteiger partial charge < -0.3 is 18.3 Å². The van der Waals surface area contributed by atoms with Crippen molar-refractivity contribution in [1.82, 2.24) is 18.3 Å². The molecule has 13 aromatic carbocycles. The lowest BCUT2D eigenvalue weighted by Crippen LogP contribution is -2.00. The van der Waals surface area contributed by atoms with E-state index in [1.807, 2.05) is 0 Å². The molecule has 0 aliphatic heterocycles. The molecule has 0 N–H and O–H groups in total. The number of rotatable bonds is 4. The summed E-state index contributed by atoms with van der Waals surface area (Å²) >= 11 is 0. The van der Waals surface area contributed by atoms with Crippen LogP contribution in [-0.2, 0) is 0 Å². The average molecular weight is 941 g/mol. The summed E-state index contributed by atoms with van der Waals surface area (Å²) in [6.07, 6.45) is 0. The SMILES string of the molecule is c1ccc2c(-n3c4ccccc4c4cc(-n5c6cccc(c6)c6cccc(c6)n(-c6ccc7c8ccccc8n(-c8cccc9ccccc89)c7c6)c6ccc7ccc8ccc5cc8c7c6)ccc43)cccc2c1. The van der Waals surface area contributed by atoms with Crippen LogP contribution in [0.4, 0.5) is 0 Å². The molecule has 0 saturated carbocycles. The van der Waals surface area contributed by atoms with Gasteiger partial charge in [0.05, 0.1) is 33.4 Å². The molecule has 0 atom stereocenters. The topological polar surface area (TPSA) is 19.7 Å². The molecule has 3 heterocycles. The van der Waals surface area contributed by atoms with Gasteiger partial charge in [-0.15, -0.1) is 0 Å². The summed E-state index contributed by atoms with van der Waals surface area (Å²) in [6.45, 7) is 0. The highest BCUT2D eigenvalue weighted by Crippen LogP contribution is 2.40. The lowest BCUT2D eigenvalue weighted by atomic mass is 10.0. The second kappa shape index (κ2) is 15.8. The molecule has 0 amide bonds. The number of aromatic nitrogens is 4. The quantitative estimate of drug-likeness (QED) is 0.157. The molecule has 0 fully saturated rings. The van der Waals surface area contributed by atoms with Crippen LogP contribution in [0.3, 0.4) is 0 Å². The van der Waals surface area contributed by atoms with Crippen molar-refractivity contribution in [3.63, 3.8) is 0 Å². The lowest BCUT2D eigenvalue weighted by Gasteiger charge is -2.16. The van der Waals surface area contributed by atoms with Crippen LogP contribution < -0.4 is 0 Å². The second-order valence-electron chi connectivity index (χ2n) is 19.8. The van der Waals surface area contributed by atoms with Crippen LogP contribution in [0.1, 0.15) is 0 Å². The summed E-state index contributed by atoms with van der Waals surface area (Å²) in [5.74, 6) is 0. The zero-order valence-corrected chi connectivity index (χ0v) is 40.2. The maximum Gasteiger partial charge on any atom is 0.0562 e. The number of fused-ring (bicyclic) bond motifs is 15. The van der Waals surface area contributed by atoms with Gasteiger partial charge in [-0.1, -0.05) is 164 Å². The Balaban J connectivity index is 0.980. The summed E-state index contributed by atoms with van der Waals surface area (Å²) in [6, 6.07) is 99.0. The summed E-state index contributed by atoms with van der Waals surface area (Å²) in [4.78, 5) is 0. The van der Waals surface area contributed by atoms with Gasteiger partial charge in [0.1, 0.15) is 0 Å². The minimum Gasteiger partial charge on any atom is -0.310 e. The molecule has 0 saturated heterocycles. The Kier molecular flexibility index (Phi) is 8.71. The van der Waals surface area contributed by atoms with Gasteiger partial charge in [-0.3, -0.25) is 0 Å². The van der Waals surface area contributed by atoms with Crippen LogP contribution in [0, 0.1) is 0 Å². The van der Waals surface area contributed by atoms with Crippen LogP contribution in [-0.4, -0.2) is 18.3 Å². The molecule has 0 aliphatic rings. The van der Waals surface area contributed by atoms with Crippen LogP contribution in [0.25, 0.3) is 142 Å². The predicted molar refractivity (Wildman–Crippen MR) is 314 cm³/mol. The Labute approximate surface area is 425 Å². The van der Waals surface area contributed by atoms with Crippen LogP contribution in [0.2, 0.25) is 0 Å². The summed E-state index contributed by atoms with van der Waals surface area (Å²) in [5, 5.41) is 16.9. The molecule has 3 aromatic heterocycles. The fourth-order valence-corrected chi connectivity index (χ4v) is 12.4. The van der Waals surface area contributed by atoms with Crippen molar-refractivity contribution < 1.29 is 0 Å². The van der Waals surface area contributed by atoms with Crippen LogP contribution in [0.5, 0.6) is 0 Å². The Hall–Kier alpha value is -9.90. The normalized spacial score (nSPS) is 12.1. The van der Waals surface area contributed by atoms with Gasteiger partial charge in [-0.2, -0.15) is 0 Å². The molecule has 0 unspecified atom stereocenters. The van der Waals surface area contributed by atoms with E-state index in [-0.39, 0.29) is 0 Å². The molecule has 4 nitrogen and oxygen atoms in total. The molecule has 0 spiro atoms. The third-order valence-electron chi connectivity index (χ3n) is 15.7. The highest BCUT2D eigenvalue weighted by atomic mass is 15.0. The van der Waals surface area contributed by atoms with Crippen molar-refractivity contribution in [3.05, 3.63) is 267 Å². The molecule has 0 radical (unpaired) electrons. The molecule has 8 bridgehead atoms. The Morgan fingerprint density at radius 3 is 1.16 bits per heavy atom. The third-order valence-corrected chi connectivity index (χ3v) is 15.7. The average Bonchev–Trinajstić information content (AvgIpc) is 3.99. The minimum atomic E-state index is 1.09. The standard InChI is InChI=1S/C70H44N4/c1-3-21-57-45(13-1)15-11-27-65(57)73-68-26-8-6-24-60(68)64-43-55(36-38-69(64)73)71-51-19-9-17-49(39-51)50-18-10-20-52(40-50)72(54-34-32-48-30-29-47-31-33-53(71)41-62(47)63(48)42-54)56-35-37-61-59-23-5-7-25-67(59)74(70(61)44-56)66-28-12-16-46-14-2-4-22-58(46)66/h1-44H. The van der Waals surface area contributed by atoms with E-state index in [0.29, 0.717) is 0 Å². The first-order valence-electron chi connectivity index (χ1n) is 25.5. The van der Waals surface area contributed by atoms with Gasteiger partial charge in [-0.25, -0.2) is 0 Å². The molecule has 16 aromatic rings. The Morgan fingerprint density at radius 2 is 0.568 bits per heavy atom. The van der Waals surface area contributed by atoms with Crippen LogP contribution in [0.15, 0.2) is 267 Å². The molecule has 0 aliphatic carbocycles. The highest BCUT2D eigenvalue weighted by molar-refractivity contribution is 6.14. The minimum absolute atomic E-state index is 1.09. The summed E-state index contributed by atoms with van der Waals surface area (Å²) in [7, 11) is 0. The molecular formula is C70H44N4. The fourth-order valence-electron chi connectivity index (χ4n) is 12.4. The van der Waals surface area contributed by atoms with Crippen molar-refractivity contribution >= 4 is 120 Å². The monoisotopic (exact) mass is 940 g/mol. The Morgan fingerprint density at radius 1 is 0.176 bits per heavy atom. The van der Waals surface area contributed by atoms with Gasteiger partial charge in [0.2, 0.25) is 0 Å². The number of hydrogen-bond acceptors (Lipinski definition) is 0. The number of benzene rings is 13. The van der Waals surface area contributed by atoms with Gasteiger partial charge in [-0.05, 0) is 146 Å². The number of para-hydroxylation sites is 2. The van der Waals surface area contributed by atoms with E-state index in [1.165, 1.54) is 92.6 Å². The number of hydrogen-bond donors (Lipinski definition) is 0. The first kappa shape index (κ1) is 40.8. The Bertz CT molecular complexity index is 5090. The van der Waals surface area contributed by atoms with Gasteiger partial charge in [0.25, 0.3) is 0 Å². The zero-order chi connectivity index (χ0) is 48.4. The van der Waals surface area contributed by atoms with Crippen molar-refractivity contribution in [2.45, 2.75) is 0 Å². The number of nitrogens with zero attached hydrogens (tertiary/aromatic N) is 4. The van der Waals surface area contributed by atoms with E-state index in [9.17, 15) is 0 Å². The molecular weight excluding hydrogens is 897 g/mol. The first-order chi connectivity index (χ1) is 36.7. The molecule has 74 heavy (non-hydrogen) atoms. The van der Waals surface area contributed by atoms with E-state index < -0.39 is 0 Å². The maximum atomic E-state index is 2.46. The van der Waals surface area contributed by atoms with Crippen molar-refractivity contribution in [3.8, 4) is 22.7 Å². The van der Waals surface area contributed by atoms with Gasteiger partial charge in [0, 0.05) is 65.8 Å². The fraction of sp³-hybridized carbons (Fsp3) is 0. The van der Waals surface area contributed by atoms with Gasteiger partial charge >= 0.3 is 0 Å². The van der Waals surface area contributed by atoms with E-state index in [4.69, 9.17) is 0 Å². The molecule has 16 rings (SSSR count). The smallest absolute Gasteiger partial charge is 0.0562 e. The predicted octanol–water partition coefficient (Wildman–Crippen LogP) is 18.7. The second-order valence-corrected chi connectivity index (χ2v) is 19.8. The highest BCUT2D eigenvalue weighted by Gasteiger charge is 2.18. The first-order valence-corrected chi connectivity index (χ1v) is 25.5. The van der Waals surface area contributed by atoms with Crippen molar-refractivity contribution in [2.75, 3.05) is 0 Å². The van der Waals surface area contributed by atoms with E-state index in [0.717, 1.165) is 49.7 Å². The van der Waals surface area contributed by atoms with Crippen molar-refractivity contribution in [2.24, 2.45) is 0 Å². The van der Waals surface area contributed by atoms with Crippen molar-refractivity contribution in [1.29, 1.82) is 0 Å².